The van der Waals surface area contributed by atoms with E-state index in [2.05, 4.69) is 43.2 Å². The minimum atomic E-state index is 0.180. The molecular formula is C16H22N2OS. The van der Waals surface area contributed by atoms with Crippen LogP contribution in [-0.4, -0.2) is 10.5 Å². The first kappa shape index (κ1) is 15.0. The van der Waals surface area contributed by atoms with Gasteiger partial charge in [-0.15, -0.1) is 11.3 Å². The molecule has 0 saturated carbocycles. The highest BCUT2D eigenvalue weighted by Gasteiger charge is 2.13. The molecule has 20 heavy (non-hydrogen) atoms. The maximum Gasteiger partial charge on any atom is 0.131 e. The monoisotopic (exact) mass is 290 g/mol. The third kappa shape index (κ3) is 4.62. The van der Waals surface area contributed by atoms with Gasteiger partial charge in [-0.3, -0.25) is 0 Å². The van der Waals surface area contributed by atoms with E-state index < -0.39 is 0 Å². The minimum absolute atomic E-state index is 0.180. The van der Waals surface area contributed by atoms with Crippen LogP contribution in [0.1, 0.15) is 38.4 Å². The molecule has 0 amide bonds. The summed E-state index contributed by atoms with van der Waals surface area (Å²) in [6, 6.07) is 8.24. The lowest BCUT2D eigenvalue weighted by atomic mass is 10.0. The van der Waals surface area contributed by atoms with E-state index in [1.165, 1.54) is 5.56 Å². The Balaban J connectivity index is 1.83. The van der Waals surface area contributed by atoms with Gasteiger partial charge in [-0.1, -0.05) is 19.1 Å². The van der Waals surface area contributed by atoms with Crippen molar-refractivity contribution in [3.8, 4) is 5.75 Å². The number of nitrogens with one attached hydrogen (secondary N) is 1. The number of hydrogen-bond acceptors (Lipinski definition) is 4. The fraction of sp³-hybridized carbons (Fsp3) is 0.438. The Morgan fingerprint density at radius 3 is 2.60 bits per heavy atom. The number of ether oxygens (including phenoxy) is 1. The smallest absolute Gasteiger partial charge is 0.131 e. The van der Waals surface area contributed by atoms with Crippen LogP contribution in [0.15, 0.2) is 35.2 Å². The van der Waals surface area contributed by atoms with Gasteiger partial charge in [0.2, 0.25) is 0 Å². The topological polar surface area (TPSA) is 34.1 Å². The van der Waals surface area contributed by atoms with Gasteiger partial charge < -0.3 is 10.1 Å². The van der Waals surface area contributed by atoms with Crippen molar-refractivity contribution < 1.29 is 4.74 Å². The molecular weight excluding hydrogens is 268 g/mol. The zero-order valence-electron chi connectivity index (χ0n) is 12.3. The molecule has 2 rings (SSSR count). The number of rotatable bonds is 7. The number of benzene rings is 1. The summed E-state index contributed by atoms with van der Waals surface area (Å²) in [6.07, 6.45) is 1.11. The van der Waals surface area contributed by atoms with Gasteiger partial charge in [0.25, 0.3) is 0 Å². The summed E-state index contributed by atoms with van der Waals surface area (Å²) in [5, 5.41) is 5.55. The van der Waals surface area contributed by atoms with E-state index in [1.54, 1.807) is 11.3 Å². The average Bonchev–Trinajstić information content (AvgIpc) is 2.97. The molecule has 1 aromatic carbocycles. The summed E-state index contributed by atoms with van der Waals surface area (Å²) in [5.74, 6) is 0.886. The van der Waals surface area contributed by atoms with Crippen molar-refractivity contribution in [2.24, 2.45) is 0 Å². The lowest BCUT2D eigenvalue weighted by molar-refractivity contribution is 0.302. The van der Waals surface area contributed by atoms with Gasteiger partial charge in [0, 0.05) is 17.5 Å². The van der Waals surface area contributed by atoms with E-state index in [0.717, 1.165) is 24.4 Å². The fourth-order valence-electron chi connectivity index (χ4n) is 1.64. The van der Waals surface area contributed by atoms with Gasteiger partial charge in [0.1, 0.15) is 12.4 Å². The van der Waals surface area contributed by atoms with Crippen LogP contribution in [0.5, 0.6) is 5.75 Å². The molecule has 1 aromatic heterocycles. The molecule has 0 unspecified atom stereocenters. The van der Waals surface area contributed by atoms with E-state index in [1.807, 2.05) is 23.0 Å². The van der Waals surface area contributed by atoms with Crippen LogP contribution in [0.3, 0.4) is 0 Å². The maximum atomic E-state index is 5.70. The van der Waals surface area contributed by atoms with Crippen molar-refractivity contribution in [3.63, 3.8) is 0 Å². The molecule has 0 saturated heterocycles. The van der Waals surface area contributed by atoms with Crippen molar-refractivity contribution in [3.05, 3.63) is 46.4 Å². The molecule has 0 fully saturated rings. The minimum Gasteiger partial charge on any atom is -0.487 e. The number of hydrogen-bond donors (Lipinski definition) is 1. The van der Waals surface area contributed by atoms with E-state index in [9.17, 15) is 0 Å². The Labute approximate surface area is 125 Å². The molecule has 0 aliphatic heterocycles. The van der Waals surface area contributed by atoms with E-state index in [0.29, 0.717) is 6.61 Å². The molecule has 1 N–H and O–H groups in total. The van der Waals surface area contributed by atoms with Crippen LogP contribution in [0, 0.1) is 0 Å². The SMILES string of the molecule is CCC(C)(C)NCc1ccc(OCc2cscn2)cc1. The van der Waals surface area contributed by atoms with E-state index in [4.69, 9.17) is 4.74 Å². The summed E-state index contributed by atoms with van der Waals surface area (Å²) in [6.45, 7) is 8.05. The van der Waals surface area contributed by atoms with E-state index in [-0.39, 0.29) is 5.54 Å². The lowest BCUT2D eigenvalue weighted by Crippen LogP contribution is -2.37. The highest BCUT2D eigenvalue weighted by atomic mass is 32.1. The molecule has 0 atom stereocenters. The third-order valence-corrected chi connectivity index (χ3v) is 4.08. The van der Waals surface area contributed by atoms with Crippen molar-refractivity contribution >= 4 is 11.3 Å². The van der Waals surface area contributed by atoms with Gasteiger partial charge >= 0.3 is 0 Å². The van der Waals surface area contributed by atoms with Crippen molar-refractivity contribution in [1.29, 1.82) is 0 Å². The lowest BCUT2D eigenvalue weighted by Gasteiger charge is -2.24. The normalized spacial score (nSPS) is 11.6. The quantitative estimate of drug-likeness (QED) is 0.837. The standard InChI is InChI=1S/C16H22N2OS/c1-4-16(2,3)18-9-13-5-7-15(8-6-13)19-10-14-11-20-12-17-14/h5-8,11-12,18H,4,9-10H2,1-3H3. The summed E-state index contributed by atoms with van der Waals surface area (Å²) in [7, 11) is 0. The molecule has 0 bridgehead atoms. The Morgan fingerprint density at radius 1 is 1.25 bits per heavy atom. The first-order chi connectivity index (χ1) is 9.59. The Kier molecular flexibility index (Phi) is 5.15. The molecule has 1 heterocycles. The van der Waals surface area contributed by atoms with Crippen LogP contribution in [0.4, 0.5) is 0 Å². The van der Waals surface area contributed by atoms with Crippen LogP contribution in [0.2, 0.25) is 0 Å². The molecule has 2 aromatic rings. The van der Waals surface area contributed by atoms with Gasteiger partial charge in [0.05, 0.1) is 11.2 Å². The molecule has 0 spiro atoms. The average molecular weight is 290 g/mol. The predicted octanol–water partition coefficient (Wildman–Crippen LogP) is 4.00. The molecule has 108 valence electrons. The maximum absolute atomic E-state index is 5.70. The van der Waals surface area contributed by atoms with Crippen molar-refractivity contribution in [2.75, 3.05) is 0 Å². The first-order valence-corrected chi connectivity index (χ1v) is 7.87. The zero-order chi connectivity index (χ0) is 14.4. The number of nitrogens with zero attached hydrogens (tertiary/aromatic N) is 1. The summed E-state index contributed by atoms with van der Waals surface area (Å²) in [5.41, 5.74) is 4.25. The second-order valence-corrected chi connectivity index (χ2v) is 6.22. The second-order valence-electron chi connectivity index (χ2n) is 5.50. The highest BCUT2D eigenvalue weighted by Crippen LogP contribution is 2.15. The zero-order valence-corrected chi connectivity index (χ0v) is 13.2. The third-order valence-electron chi connectivity index (χ3n) is 3.45. The summed E-state index contributed by atoms with van der Waals surface area (Å²) < 4.78 is 5.70. The van der Waals surface area contributed by atoms with Crippen molar-refractivity contribution in [1.82, 2.24) is 10.3 Å². The van der Waals surface area contributed by atoms with Crippen LogP contribution in [0.25, 0.3) is 0 Å². The molecule has 3 nitrogen and oxygen atoms in total. The molecule has 0 radical (unpaired) electrons. The summed E-state index contributed by atoms with van der Waals surface area (Å²) >= 11 is 1.59. The van der Waals surface area contributed by atoms with Crippen molar-refractivity contribution in [2.45, 2.75) is 45.9 Å². The van der Waals surface area contributed by atoms with Crippen LogP contribution >= 0.6 is 11.3 Å². The van der Waals surface area contributed by atoms with Gasteiger partial charge in [-0.2, -0.15) is 0 Å². The Hall–Kier alpha value is -1.39. The molecule has 0 aliphatic carbocycles. The Bertz CT molecular complexity index is 506. The fourth-order valence-corrected chi connectivity index (χ4v) is 2.18. The van der Waals surface area contributed by atoms with Gasteiger partial charge in [-0.25, -0.2) is 4.98 Å². The largest absolute Gasteiger partial charge is 0.487 e. The molecule has 0 aliphatic rings. The van der Waals surface area contributed by atoms with Crippen LogP contribution in [-0.2, 0) is 13.2 Å². The Morgan fingerprint density at radius 2 is 2.00 bits per heavy atom. The second kappa shape index (κ2) is 6.86. The van der Waals surface area contributed by atoms with E-state index >= 15 is 0 Å². The predicted molar refractivity (Wildman–Crippen MR) is 84.1 cm³/mol. The molecule has 4 heteroatoms. The number of aromatic nitrogens is 1. The van der Waals surface area contributed by atoms with Crippen LogP contribution < -0.4 is 10.1 Å². The number of thiazole rings is 1. The highest BCUT2D eigenvalue weighted by molar-refractivity contribution is 7.07. The van der Waals surface area contributed by atoms with Gasteiger partial charge in [-0.05, 0) is 38.0 Å². The summed E-state index contributed by atoms with van der Waals surface area (Å²) in [4.78, 5) is 4.20. The first-order valence-electron chi connectivity index (χ1n) is 6.93. The van der Waals surface area contributed by atoms with Gasteiger partial charge in [0.15, 0.2) is 0 Å².